The highest BCUT2D eigenvalue weighted by Gasteiger charge is 2.19. The smallest absolute Gasteiger partial charge is 0.352 e. The van der Waals surface area contributed by atoms with Gasteiger partial charge in [0.2, 0.25) is 16.9 Å². The number of aryl methyl sites for hydroxylation is 3. The topological polar surface area (TPSA) is 117 Å². The Bertz CT molecular complexity index is 1770. The second-order valence-electron chi connectivity index (χ2n) is 11.2. The van der Waals surface area contributed by atoms with Crippen LogP contribution in [-0.4, -0.2) is 54.3 Å². The molecule has 230 valence electrons. The van der Waals surface area contributed by atoms with Crippen LogP contribution in [0.15, 0.2) is 67.0 Å². The lowest BCUT2D eigenvalue weighted by atomic mass is 10.1. The van der Waals surface area contributed by atoms with E-state index in [-0.39, 0.29) is 17.4 Å². The van der Waals surface area contributed by atoms with Gasteiger partial charge >= 0.3 is 5.97 Å². The number of carbonyl (C=O) groups excluding carboxylic acids is 1. The van der Waals surface area contributed by atoms with Gasteiger partial charge < -0.3 is 34.2 Å². The standard InChI is InChI=1S/C32H37N7O5/c1-35(2)24-11-9-21-14-22-10-12-25(36(3)4)17-28(22)39(27(21)16-24)13-7-8-31(40)33-23-15-30(38(6)19-23)34-44-43-26-18-29(32(41)42)37(5)20-26/h9-12,14-20,34H,7-8,13H2,1-6H3,(H-,33,40,41,42)/p+1. The molecule has 0 bridgehead atoms. The molecule has 0 unspecified atom stereocenters. The Morgan fingerprint density at radius 2 is 1.50 bits per heavy atom. The zero-order valence-corrected chi connectivity index (χ0v) is 25.8. The first-order valence-corrected chi connectivity index (χ1v) is 14.2. The summed E-state index contributed by atoms with van der Waals surface area (Å²) < 4.78 is 5.46. The van der Waals surface area contributed by atoms with Crippen LogP contribution in [0, 0.1) is 0 Å². The first kappa shape index (κ1) is 30.2. The number of pyridine rings is 1. The highest BCUT2D eigenvalue weighted by molar-refractivity contribution is 5.92. The number of carboxylic acid groups (broad SMARTS) is 1. The fourth-order valence-electron chi connectivity index (χ4n) is 5.13. The van der Waals surface area contributed by atoms with Crippen molar-refractivity contribution in [2.45, 2.75) is 19.4 Å². The van der Waals surface area contributed by atoms with Crippen molar-refractivity contribution in [1.29, 1.82) is 0 Å². The summed E-state index contributed by atoms with van der Waals surface area (Å²) in [6, 6.07) is 18.2. The van der Waals surface area contributed by atoms with Crippen molar-refractivity contribution < 1.29 is 29.1 Å². The van der Waals surface area contributed by atoms with Crippen LogP contribution in [0.3, 0.4) is 0 Å². The van der Waals surface area contributed by atoms with Gasteiger partial charge in [-0.05, 0) is 30.3 Å². The number of anilines is 4. The fourth-order valence-corrected chi connectivity index (χ4v) is 5.13. The molecule has 44 heavy (non-hydrogen) atoms. The Balaban J connectivity index is 1.24. The number of nitrogens with zero attached hydrogens (tertiary/aromatic N) is 5. The number of carbonyl (C=O) groups is 2. The summed E-state index contributed by atoms with van der Waals surface area (Å²) in [5.41, 5.74) is 7.80. The molecule has 0 saturated heterocycles. The van der Waals surface area contributed by atoms with Crippen LogP contribution in [0.1, 0.15) is 23.3 Å². The second-order valence-corrected chi connectivity index (χ2v) is 11.2. The van der Waals surface area contributed by atoms with Crippen molar-refractivity contribution in [2.75, 3.05) is 48.8 Å². The van der Waals surface area contributed by atoms with Crippen LogP contribution in [-0.2, 0) is 30.4 Å². The molecule has 0 atom stereocenters. The minimum atomic E-state index is -1.07. The van der Waals surface area contributed by atoms with E-state index in [1.807, 2.05) is 28.2 Å². The van der Waals surface area contributed by atoms with Gasteiger partial charge in [0.05, 0.1) is 11.9 Å². The third-order valence-electron chi connectivity index (χ3n) is 7.51. The van der Waals surface area contributed by atoms with E-state index < -0.39 is 5.97 Å². The normalized spacial score (nSPS) is 11.1. The molecule has 1 amide bonds. The van der Waals surface area contributed by atoms with Crippen molar-refractivity contribution >= 4 is 56.6 Å². The number of fused-ring (bicyclic) bond motifs is 2. The van der Waals surface area contributed by atoms with Crippen LogP contribution in [0.4, 0.5) is 22.9 Å². The van der Waals surface area contributed by atoms with E-state index in [2.05, 4.69) is 67.6 Å². The molecule has 0 aliphatic heterocycles. The van der Waals surface area contributed by atoms with E-state index in [9.17, 15) is 14.7 Å². The molecule has 0 radical (unpaired) electrons. The zero-order chi connectivity index (χ0) is 31.5. The number of hydrogen-bond donors (Lipinski definition) is 3. The summed E-state index contributed by atoms with van der Waals surface area (Å²) in [4.78, 5) is 38.6. The van der Waals surface area contributed by atoms with Crippen LogP contribution in [0.25, 0.3) is 21.8 Å². The lowest BCUT2D eigenvalue weighted by Gasteiger charge is -2.15. The Hall–Kier alpha value is -5.23. The Kier molecular flexibility index (Phi) is 8.63. The molecule has 0 aliphatic carbocycles. The minimum Gasteiger partial charge on any atom is -0.477 e. The predicted octanol–water partition coefficient (Wildman–Crippen LogP) is 4.54. The average Bonchev–Trinajstić information content (AvgIpc) is 3.52. The summed E-state index contributed by atoms with van der Waals surface area (Å²) in [6.07, 6.45) is 4.23. The van der Waals surface area contributed by atoms with Gasteiger partial charge in [0.25, 0.3) is 0 Å². The lowest BCUT2D eigenvalue weighted by Crippen LogP contribution is -2.36. The minimum absolute atomic E-state index is 0.0659. The van der Waals surface area contributed by atoms with Crippen molar-refractivity contribution in [3.05, 3.63) is 72.7 Å². The Morgan fingerprint density at radius 1 is 0.864 bits per heavy atom. The van der Waals surface area contributed by atoms with E-state index >= 15 is 0 Å². The molecule has 12 heteroatoms. The van der Waals surface area contributed by atoms with Crippen LogP contribution in [0.5, 0.6) is 5.75 Å². The average molecular weight is 601 g/mol. The van der Waals surface area contributed by atoms with Gasteiger partial charge in [-0.1, -0.05) is 4.99 Å². The van der Waals surface area contributed by atoms with Crippen LogP contribution in [0.2, 0.25) is 0 Å². The molecule has 5 aromatic rings. The molecule has 0 aliphatic rings. The predicted molar refractivity (Wildman–Crippen MR) is 171 cm³/mol. The number of aromatic carboxylic acids is 1. The summed E-state index contributed by atoms with van der Waals surface area (Å²) in [5, 5.41) is 14.4. The Morgan fingerprint density at radius 3 is 2.07 bits per heavy atom. The quantitative estimate of drug-likeness (QED) is 0.0827. The first-order chi connectivity index (χ1) is 21.0. The van der Waals surface area contributed by atoms with Crippen molar-refractivity contribution in [1.82, 2.24) is 9.13 Å². The maximum Gasteiger partial charge on any atom is 0.352 e. The highest BCUT2D eigenvalue weighted by Crippen LogP contribution is 2.26. The van der Waals surface area contributed by atoms with Gasteiger partial charge in [-0.2, -0.15) is 4.57 Å². The lowest BCUT2D eigenvalue weighted by molar-refractivity contribution is -0.645. The van der Waals surface area contributed by atoms with Gasteiger partial charge in [-0.15, -0.1) is 0 Å². The summed E-state index contributed by atoms with van der Waals surface area (Å²) in [7, 11) is 11.5. The van der Waals surface area contributed by atoms with E-state index in [1.165, 1.54) is 16.8 Å². The summed E-state index contributed by atoms with van der Waals surface area (Å²) in [5.74, 6) is -0.411. The van der Waals surface area contributed by atoms with E-state index in [4.69, 9.17) is 9.88 Å². The van der Waals surface area contributed by atoms with Gasteiger partial charge in [0.15, 0.2) is 5.75 Å². The van der Waals surface area contributed by atoms with E-state index in [0.29, 0.717) is 30.9 Å². The highest BCUT2D eigenvalue weighted by atomic mass is 17.3. The van der Waals surface area contributed by atoms with Crippen LogP contribution >= 0.6 is 0 Å². The van der Waals surface area contributed by atoms with Crippen molar-refractivity contribution in [3.8, 4) is 5.75 Å². The molecule has 0 spiro atoms. The second kappa shape index (κ2) is 12.6. The van der Waals surface area contributed by atoms with E-state index in [0.717, 1.165) is 33.2 Å². The van der Waals surface area contributed by atoms with Gasteiger partial charge in [0.1, 0.15) is 18.1 Å². The molecular weight excluding hydrogens is 562 g/mol. The number of nitrogens with one attached hydrogen (secondary N) is 2. The van der Waals surface area contributed by atoms with Crippen molar-refractivity contribution in [3.63, 3.8) is 0 Å². The van der Waals surface area contributed by atoms with Gasteiger partial charge in [-0.3, -0.25) is 4.79 Å². The van der Waals surface area contributed by atoms with Gasteiger partial charge in [0, 0.05) is 108 Å². The molecule has 12 nitrogen and oxygen atoms in total. The molecule has 3 N–H and O–H groups in total. The maximum absolute atomic E-state index is 13.0. The first-order valence-electron chi connectivity index (χ1n) is 14.2. The molecule has 5 rings (SSSR count). The molecule has 2 aromatic carbocycles. The molecule has 0 saturated carbocycles. The number of aromatic nitrogens is 3. The number of carboxylic acids is 1. The Labute approximate surface area is 255 Å². The monoisotopic (exact) mass is 600 g/mol. The molecule has 3 heterocycles. The molecular formula is C32H38N7O5+. The van der Waals surface area contributed by atoms with Crippen molar-refractivity contribution in [2.24, 2.45) is 14.1 Å². The summed E-state index contributed by atoms with van der Waals surface area (Å²) >= 11 is 0. The number of benzene rings is 2. The molecule has 0 fully saturated rings. The number of hydrogen-bond acceptors (Lipinski definition) is 7. The number of amides is 1. The maximum atomic E-state index is 13.0. The largest absolute Gasteiger partial charge is 0.477 e. The summed E-state index contributed by atoms with van der Waals surface area (Å²) in [6.45, 7) is 0.672. The van der Waals surface area contributed by atoms with Crippen LogP contribution < -0.4 is 30.1 Å². The molecule has 3 aromatic heterocycles. The third-order valence-corrected chi connectivity index (χ3v) is 7.51. The third kappa shape index (κ3) is 6.55. The SMILES string of the molecule is CN(C)c1ccc2cc3ccc(N(C)C)cc3[n+](CCCC(=O)Nc3cc(NOOc4cc(C(=O)O)n(C)c4)n(C)c3)c2c1. The zero-order valence-electron chi connectivity index (χ0n) is 25.8. The fraction of sp³-hybridized carbons (Fsp3) is 0.281. The number of rotatable bonds is 12. The van der Waals surface area contributed by atoms with Gasteiger partial charge in [-0.25, -0.2) is 10.3 Å². The van der Waals surface area contributed by atoms with E-state index in [1.54, 1.807) is 30.9 Å².